The van der Waals surface area contributed by atoms with E-state index in [9.17, 15) is 4.79 Å². The van der Waals surface area contributed by atoms with Crippen LogP contribution in [0.3, 0.4) is 0 Å². The third kappa shape index (κ3) is 6.10. The summed E-state index contributed by atoms with van der Waals surface area (Å²) in [7, 11) is 1.51. The average molecular weight is 444 g/mol. The molecule has 2 fully saturated rings. The van der Waals surface area contributed by atoms with E-state index in [1.165, 1.54) is 12.7 Å². The quantitative estimate of drug-likeness (QED) is 0.713. The van der Waals surface area contributed by atoms with Crippen LogP contribution in [0.15, 0.2) is 48.5 Å². The Kier molecular flexibility index (Phi) is 8.59. The topological polar surface area (TPSA) is 64.3 Å². The average Bonchev–Trinajstić information content (AvgIpc) is 3.55. The molecule has 4 nitrogen and oxygen atoms in total. The zero-order valence-corrected chi connectivity index (χ0v) is 17.9. The maximum Gasteiger partial charge on any atom is 0.246 e. The Bertz CT molecular complexity index is 803. The maximum absolute atomic E-state index is 11.3. The second-order valence-corrected chi connectivity index (χ2v) is 7.81. The highest BCUT2D eigenvalue weighted by Gasteiger charge is 2.40. The summed E-state index contributed by atoms with van der Waals surface area (Å²) in [6, 6.07) is 16.2. The second kappa shape index (κ2) is 10.5. The summed E-state index contributed by atoms with van der Waals surface area (Å²) in [5.74, 6) is 0.806. The molecular weight excluding hydrogens is 419 g/mol. The van der Waals surface area contributed by atoms with Crippen molar-refractivity contribution in [3.05, 3.63) is 69.7 Å². The summed E-state index contributed by atoms with van der Waals surface area (Å²) in [5.41, 5.74) is 8.04. The molecule has 4 rings (SSSR count). The van der Waals surface area contributed by atoms with Crippen LogP contribution in [0.1, 0.15) is 35.8 Å². The van der Waals surface area contributed by atoms with Crippen LogP contribution in [-0.4, -0.2) is 31.7 Å². The van der Waals surface area contributed by atoms with Crippen LogP contribution in [0.2, 0.25) is 10.0 Å². The first-order valence-electron chi connectivity index (χ1n) is 9.04. The van der Waals surface area contributed by atoms with E-state index in [0.29, 0.717) is 17.9 Å². The number of methoxy groups -OCH3 is 1. The first-order chi connectivity index (χ1) is 13.0. The molecule has 2 saturated carbocycles. The predicted octanol–water partition coefficient (Wildman–Crippen LogP) is 4.53. The predicted molar refractivity (Wildman–Crippen MR) is 117 cm³/mol. The molecule has 0 aliphatic heterocycles. The third-order valence-corrected chi connectivity index (χ3v) is 5.55. The summed E-state index contributed by atoms with van der Waals surface area (Å²) in [5, 5.41) is 4.53. The van der Waals surface area contributed by atoms with Gasteiger partial charge < -0.3 is 15.8 Å². The van der Waals surface area contributed by atoms with Crippen LogP contribution in [0, 0.1) is 0 Å². The molecule has 2 aromatic rings. The number of hydrogen-bond donors (Lipinski definition) is 2. The van der Waals surface area contributed by atoms with E-state index in [1.807, 2.05) is 42.5 Å². The van der Waals surface area contributed by atoms with Crippen molar-refractivity contribution in [3.8, 4) is 0 Å². The van der Waals surface area contributed by atoms with Crippen molar-refractivity contribution < 1.29 is 9.53 Å². The molecule has 0 saturated heterocycles. The fraction of sp³-hybridized carbons (Fsp3) is 0.381. The molecule has 3 N–H and O–H groups in total. The van der Waals surface area contributed by atoms with Crippen LogP contribution in [0.4, 0.5) is 0 Å². The molecule has 0 unspecified atom stereocenters. The van der Waals surface area contributed by atoms with Gasteiger partial charge >= 0.3 is 0 Å². The molecule has 4 atom stereocenters. The van der Waals surface area contributed by atoms with Crippen molar-refractivity contribution in [1.82, 2.24) is 5.32 Å². The number of benzene rings is 2. The lowest BCUT2D eigenvalue weighted by Gasteiger charge is -2.05. The van der Waals surface area contributed by atoms with Gasteiger partial charge in [-0.3, -0.25) is 4.79 Å². The molecule has 0 radical (unpaired) electrons. The molecule has 152 valence electrons. The number of halogens is 3. The van der Waals surface area contributed by atoms with Crippen molar-refractivity contribution >= 4 is 41.5 Å². The molecule has 1 amide bonds. The van der Waals surface area contributed by atoms with E-state index in [4.69, 9.17) is 33.7 Å². The van der Waals surface area contributed by atoms with E-state index in [-0.39, 0.29) is 31.0 Å². The minimum absolute atomic E-state index is 0. The van der Waals surface area contributed by atoms with Crippen molar-refractivity contribution in [3.63, 3.8) is 0 Å². The maximum atomic E-state index is 11.3. The molecule has 0 heterocycles. The van der Waals surface area contributed by atoms with E-state index >= 15 is 0 Å². The van der Waals surface area contributed by atoms with E-state index in [2.05, 4.69) is 11.4 Å². The van der Waals surface area contributed by atoms with Crippen LogP contribution >= 0.6 is 35.6 Å². The lowest BCUT2D eigenvalue weighted by molar-refractivity contribution is -0.124. The van der Waals surface area contributed by atoms with Crippen molar-refractivity contribution in [2.24, 2.45) is 5.73 Å². The Morgan fingerprint density at radius 1 is 1.04 bits per heavy atom. The zero-order valence-electron chi connectivity index (χ0n) is 15.6. The number of amides is 1. The summed E-state index contributed by atoms with van der Waals surface area (Å²) in [4.78, 5) is 11.3. The summed E-state index contributed by atoms with van der Waals surface area (Å²) in [6.45, 7) is 0.117. The van der Waals surface area contributed by atoms with Crippen molar-refractivity contribution in [2.45, 2.75) is 36.8 Å². The number of nitrogens with two attached hydrogens (primary N) is 1. The van der Waals surface area contributed by atoms with Gasteiger partial charge in [0.05, 0.1) is 0 Å². The monoisotopic (exact) mass is 442 g/mol. The van der Waals surface area contributed by atoms with Crippen LogP contribution < -0.4 is 11.1 Å². The fourth-order valence-corrected chi connectivity index (χ4v) is 3.75. The van der Waals surface area contributed by atoms with Gasteiger partial charge in [0.25, 0.3) is 0 Å². The van der Waals surface area contributed by atoms with Crippen molar-refractivity contribution in [2.75, 3.05) is 13.7 Å². The zero-order chi connectivity index (χ0) is 19.4. The second-order valence-electron chi connectivity index (χ2n) is 7.00. The van der Waals surface area contributed by atoms with E-state index in [0.717, 1.165) is 28.5 Å². The number of nitrogens with one attached hydrogen (secondary N) is 1. The van der Waals surface area contributed by atoms with Crippen LogP contribution in [0.25, 0.3) is 0 Å². The van der Waals surface area contributed by atoms with E-state index < -0.39 is 0 Å². The van der Waals surface area contributed by atoms with Crippen LogP contribution in [0.5, 0.6) is 0 Å². The molecular formula is C21H25Cl3N2O2. The molecule has 2 aliphatic carbocycles. The molecule has 0 spiro atoms. The minimum atomic E-state index is -0.0675. The Morgan fingerprint density at radius 2 is 1.54 bits per heavy atom. The first-order valence-corrected chi connectivity index (χ1v) is 9.79. The standard InChI is InChI=1S/C12H14ClNO2.C9H10ClN.ClH/c1-16-7-12(15)14-11-6-9(11)8-4-2-3-5-10(8)13;10-8-4-2-1-3-6(8)7-5-9(7)11;/h2-5,9,11H,6-7H2,1H3,(H,14,15);1-4,7,9H,5,11H2;1H/t9-,11+;7-,9+;/m00./s1. The number of ether oxygens (including phenoxy) is 1. The van der Waals surface area contributed by atoms with E-state index in [1.54, 1.807) is 0 Å². The number of carbonyl (C=O) groups excluding carboxylic acids is 1. The Balaban J connectivity index is 0.000000205. The SMILES string of the molecule is COCC(=O)N[C@@H]1C[C@H]1c1ccccc1Cl.Cl.N[C@@H]1C[C@H]1c1ccccc1Cl. The Labute approximate surface area is 182 Å². The first kappa shape index (κ1) is 23.0. The van der Waals surface area contributed by atoms with Gasteiger partial charge in [-0.1, -0.05) is 59.6 Å². The molecule has 0 aromatic heterocycles. The number of carbonyl (C=O) groups is 1. The smallest absolute Gasteiger partial charge is 0.246 e. The van der Waals surface area contributed by atoms with Gasteiger partial charge in [0.2, 0.25) is 5.91 Å². The lowest BCUT2D eigenvalue weighted by atomic mass is 10.1. The number of rotatable bonds is 5. The summed E-state index contributed by atoms with van der Waals surface area (Å²) in [6.07, 6.45) is 2.04. The Hall–Kier alpha value is -1.30. The van der Waals surface area contributed by atoms with Gasteiger partial charge in [0.15, 0.2) is 0 Å². The highest BCUT2D eigenvalue weighted by atomic mass is 35.5. The molecule has 0 bridgehead atoms. The van der Waals surface area contributed by atoms with Gasteiger partial charge in [-0.05, 0) is 36.1 Å². The van der Waals surface area contributed by atoms with Gasteiger partial charge in [0, 0.05) is 41.1 Å². The Morgan fingerprint density at radius 3 is 2.00 bits per heavy atom. The highest BCUT2D eigenvalue weighted by molar-refractivity contribution is 6.31. The van der Waals surface area contributed by atoms with Gasteiger partial charge in [0.1, 0.15) is 6.61 Å². The van der Waals surface area contributed by atoms with Crippen LogP contribution in [-0.2, 0) is 9.53 Å². The lowest BCUT2D eigenvalue weighted by Crippen LogP contribution is -2.29. The third-order valence-electron chi connectivity index (χ3n) is 4.86. The molecule has 2 aromatic carbocycles. The summed E-state index contributed by atoms with van der Waals surface area (Å²) < 4.78 is 4.76. The van der Waals surface area contributed by atoms with Gasteiger partial charge in [-0.2, -0.15) is 0 Å². The molecule has 2 aliphatic rings. The largest absolute Gasteiger partial charge is 0.375 e. The molecule has 28 heavy (non-hydrogen) atoms. The minimum Gasteiger partial charge on any atom is -0.375 e. The molecule has 7 heteroatoms. The highest BCUT2D eigenvalue weighted by Crippen LogP contribution is 2.43. The van der Waals surface area contributed by atoms with Gasteiger partial charge in [-0.25, -0.2) is 0 Å². The van der Waals surface area contributed by atoms with Gasteiger partial charge in [-0.15, -0.1) is 12.4 Å². The normalized spacial score (nSPS) is 24.3. The van der Waals surface area contributed by atoms with Crippen molar-refractivity contribution in [1.29, 1.82) is 0 Å². The number of hydrogen-bond acceptors (Lipinski definition) is 3. The fourth-order valence-electron chi connectivity index (χ4n) is 3.20. The summed E-state index contributed by atoms with van der Waals surface area (Å²) >= 11 is 12.1.